The van der Waals surface area contributed by atoms with Gasteiger partial charge in [-0.1, -0.05) is 6.92 Å². The molecule has 0 aliphatic carbocycles. The molecule has 0 unspecified atom stereocenters. The van der Waals surface area contributed by atoms with Gasteiger partial charge in [-0.25, -0.2) is 9.67 Å². The van der Waals surface area contributed by atoms with Crippen molar-refractivity contribution in [3.8, 4) is 0 Å². The second-order valence-corrected chi connectivity index (χ2v) is 4.76. The highest BCUT2D eigenvalue weighted by Crippen LogP contribution is 2.36. The first kappa shape index (κ1) is 16.3. The lowest BCUT2D eigenvalue weighted by molar-refractivity contribution is -0.144. The van der Waals surface area contributed by atoms with E-state index in [1.54, 1.807) is 13.8 Å². The van der Waals surface area contributed by atoms with Gasteiger partial charge in [0.05, 0.1) is 23.3 Å². The number of esters is 1. The first-order valence-corrected chi connectivity index (χ1v) is 6.87. The van der Waals surface area contributed by atoms with Crippen LogP contribution in [0.5, 0.6) is 0 Å². The highest BCUT2D eigenvalue weighted by Gasteiger charge is 2.35. The molecule has 0 saturated carbocycles. The number of carbonyl (C=O) groups is 1. The predicted molar refractivity (Wildman–Crippen MR) is 73.3 cm³/mol. The van der Waals surface area contributed by atoms with Gasteiger partial charge < -0.3 is 4.74 Å². The Balaban J connectivity index is 2.64. The van der Waals surface area contributed by atoms with Gasteiger partial charge >= 0.3 is 12.1 Å². The lowest BCUT2D eigenvalue weighted by Crippen LogP contribution is -2.15. The highest BCUT2D eigenvalue weighted by atomic mass is 19.4. The molecule has 2 rings (SSSR count). The number of halogens is 3. The van der Waals surface area contributed by atoms with Gasteiger partial charge in [-0.05, 0) is 26.3 Å². The summed E-state index contributed by atoms with van der Waals surface area (Å²) in [7, 11) is 0. The molecule has 2 aromatic heterocycles. The van der Waals surface area contributed by atoms with Gasteiger partial charge in [0.2, 0.25) is 0 Å². The van der Waals surface area contributed by atoms with Gasteiger partial charge in [0.25, 0.3) is 0 Å². The van der Waals surface area contributed by atoms with E-state index in [1.165, 1.54) is 6.92 Å². The third kappa shape index (κ3) is 3.05. The van der Waals surface area contributed by atoms with Gasteiger partial charge in [-0.15, -0.1) is 0 Å². The Morgan fingerprint density at radius 1 is 1.36 bits per heavy atom. The van der Waals surface area contributed by atoms with Crippen molar-refractivity contribution in [3.63, 3.8) is 0 Å². The van der Waals surface area contributed by atoms with E-state index in [1.807, 2.05) is 0 Å². The Kier molecular flexibility index (Phi) is 4.39. The van der Waals surface area contributed by atoms with Crippen molar-refractivity contribution in [3.05, 3.63) is 23.0 Å². The molecule has 0 radical (unpaired) electrons. The molecule has 0 N–H and O–H groups in total. The van der Waals surface area contributed by atoms with E-state index in [9.17, 15) is 18.0 Å². The number of ether oxygens (including phenoxy) is 1. The summed E-state index contributed by atoms with van der Waals surface area (Å²) >= 11 is 0. The van der Waals surface area contributed by atoms with E-state index < -0.39 is 17.7 Å². The SMILES string of the molecule is CCOC(=O)Cn1nc(C)c2c(C(F)(F)F)cc(CC)nc21. The van der Waals surface area contributed by atoms with Gasteiger partial charge in [0, 0.05) is 5.69 Å². The van der Waals surface area contributed by atoms with Crippen molar-refractivity contribution < 1.29 is 22.7 Å². The van der Waals surface area contributed by atoms with Crippen LogP contribution in [-0.2, 0) is 28.7 Å². The molecule has 8 heteroatoms. The van der Waals surface area contributed by atoms with Crippen LogP contribution >= 0.6 is 0 Å². The topological polar surface area (TPSA) is 57.0 Å². The zero-order valence-corrected chi connectivity index (χ0v) is 12.5. The summed E-state index contributed by atoms with van der Waals surface area (Å²) in [6.07, 6.45) is -4.16. The number of rotatable bonds is 4. The zero-order chi connectivity index (χ0) is 16.5. The Labute approximate surface area is 125 Å². The van der Waals surface area contributed by atoms with Crippen LogP contribution in [0.3, 0.4) is 0 Å². The molecule has 0 fully saturated rings. The van der Waals surface area contributed by atoms with Crippen molar-refractivity contribution in [2.45, 2.75) is 39.9 Å². The third-order valence-electron chi connectivity index (χ3n) is 3.18. The van der Waals surface area contributed by atoms with E-state index in [0.29, 0.717) is 12.1 Å². The molecule has 0 spiro atoms. The maximum absolute atomic E-state index is 13.3. The van der Waals surface area contributed by atoms with E-state index >= 15 is 0 Å². The lowest BCUT2D eigenvalue weighted by atomic mass is 10.1. The molecule has 0 bridgehead atoms. The fraction of sp³-hybridized carbons (Fsp3) is 0.500. The molecule has 2 heterocycles. The number of hydrogen-bond acceptors (Lipinski definition) is 4. The second kappa shape index (κ2) is 5.94. The van der Waals surface area contributed by atoms with E-state index in [4.69, 9.17) is 4.74 Å². The van der Waals surface area contributed by atoms with Crippen molar-refractivity contribution >= 4 is 17.0 Å². The maximum Gasteiger partial charge on any atom is 0.417 e. The number of aromatic nitrogens is 3. The van der Waals surface area contributed by atoms with Crippen LogP contribution in [0.2, 0.25) is 0 Å². The van der Waals surface area contributed by atoms with Crippen LogP contribution in [0.1, 0.15) is 30.8 Å². The average molecular weight is 315 g/mol. The number of aryl methyl sites for hydroxylation is 2. The first-order valence-electron chi connectivity index (χ1n) is 6.87. The third-order valence-corrected chi connectivity index (χ3v) is 3.18. The molecule has 0 saturated heterocycles. The summed E-state index contributed by atoms with van der Waals surface area (Å²) < 4.78 is 45.7. The van der Waals surface area contributed by atoms with Gasteiger partial charge in [0.15, 0.2) is 5.65 Å². The van der Waals surface area contributed by atoms with Gasteiger partial charge in [-0.2, -0.15) is 18.3 Å². The van der Waals surface area contributed by atoms with Crippen molar-refractivity contribution in [1.82, 2.24) is 14.8 Å². The van der Waals surface area contributed by atoms with Crippen LogP contribution in [0.25, 0.3) is 11.0 Å². The molecule has 22 heavy (non-hydrogen) atoms. The predicted octanol–water partition coefficient (Wildman–Crippen LogP) is 2.88. The number of carbonyl (C=O) groups excluding carboxylic acids is 1. The van der Waals surface area contributed by atoms with E-state index in [-0.39, 0.29) is 29.9 Å². The fourth-order valence-corrected chi connectivity index (χ4v) is 2.25. The largest absolute Gasteiger partial charge is 0.465 e. The fourth-order valence-electron chi connectivity index (χ4n) is 2.25. The Hall–Kier alpha value is -2.12. The Morgan fingerprint density at radius 2 is 2.05 bits per heavy atom. The van der Waals surface area contributed by atoms with E-state index in [0.717, 1.165) is 10.7 Å². The molecular weight excluding hydrogens is 299 g/mol. The molecule has 2 aromatic rings. The molecule has 0 aliphatic heterocycles. The standard InChI is InChI=1S/C14H16F3N3O2/c1-4-9-6-10(14(15,16)17)12-8(3)19-20(13(12)18-9)7-11(21)22-5-2/h6H,4-5,7H2,1-3H3. The summed E-state index contributed by atoms with van der Waals surface area (Å²) in [6.45, 7) is 4.76. The molecular formula is C14H16F3N3O2. The van der Waals surface area contributed by atoms with Crippen LogP contribution < -0.4 is 0 Å². The highest BCUT2D eigenvalue weighted by molar-refractivity contribution is 5.84. The van der Waals surface area contributed by atoms with Crippen molar-refractivity contribution in [1.29, 1.82) is 0 Å². The smallest absolute Gasteiger partial charge is 0.417 e. The van der Waals surface area contributed by atoms with Crippen molar-refractivity contribution in [2.24, 2.45) is 0 Å². The second-order valence-electron chi connectivity index (χ2n) is 4.76. The molecule has 0 amide bonds. The van der Waals surface area contributed by atoms with Crippen LogP contribution in [0, 0.1) is 6.92 Å². The lowest BCUT2D eigenvalue weighted by Gasteiger charge is -2.10. The average Bonchev–Trinajstić information content (AvgIpc) is 2.73. The number of hydrogen-bond donors (Lipinski definition) is 0. The molecule has 120 valence electrons. The van der Waals surface area contributed by atoms with Crippen LogP contribution in [0.4, 0.5) is 13.2 Å². The number of alkyl halides is 3. The maximum atomic E-state index is 13.3. The van der Waals surface area contributed by atoms with E-state index in [2.05, 4.69) is 10.1 Å². The minimum Gasteiger partial charge on any atom is -0.465 e. The van der Waals surface area contributed by atoms with Crippen molar-refractivity contribution in [2.75, 3.05) is 6.61 Å². The molecule has 5 nitrogen and oxygen atoms in total. The molecule has 0 atom stereocenters. The minimum atomic E-state index is -4.51. The summed E-state index contributed by atoms with van der Waals surface area (Å²) in [6, 6.07) is 1.03. The normalized spacial score (nSPS) is 11.9. The number of fused-ring (bicyclic) bond motifs is 1. The number of nitrogens with zero attached hydrogens (tertiary/aromatic N) is 3. The number of pyridine rings is 1. The summed E-state index contributed by atoms with van der Waals surface area (Å²) in [5, 5.41) is 3.94. The zero-order valence-electron chi connectivity index (χ0n) is 12.5. The van der Waals surface area contributed by atoms with Crippen LogP contribution in [0.15, 0.2) is 6.07 Å². The molecule has 0 aliphatic rings. The summed E-state index contributed by atoms with van der Waals surface area (Å²) in [5.74, 6) is -0.566. The molecule has 0 aromatic carbocycles. The summed E-state index contributed by atoms with van der Waals surface area (Å²) in [4.78, 5) is 15.8. The first-order chi connectivity index (χ1) is 10.3. The Bertz CT molecular complexity index is 707. The summed E-state index contributed by atoms with van der Waals surface area (Å²) in [5.41, 5.74) is -0.245. The quantitative estimate of drug-likeness (QED) is 0.814. The monoisotopic (exact) mass is 315 g/mol. The van der Waals surface area contributed by atoms with Gasteiger partial charge in [0.1, 0.15) is 6.54 Å². The Morgan fingerprint density at radius 3 is 2.59 bits per heavy atom. The minimum absolute atomic E-state index is 0.0530. The van der Waals surface area contributed by atoms with Gasteiger partial charge in [-0.3, -0.25) is 4.79 Å². The van der Waals surface area contributed by atoms with Crippen LogP contribution in [-0.4, -0.2) is 27.3 Å².